The zero-order valence-corrected chi connectivity index (χ0v) is 13.6. The van der Waals surface area contributed by atoms with Gasteiger partial charge in [-0.05, 0) is 50.7 Å². The van der Waals surface area contributed by atoms with Crippen LogP contribution < -0.4 is 10.6 Å². The highest BCUT2D eigenvalue weighted by Gasteiger charge is 2.32. The Morgan fingerprint density at radius 2 is 2.04 bits per heavy atom. The molecule has 1 aromatic rings. The van der Waals surface area contributed by atoms with Gasteiger partial charge in [0.2, 0.25) is 5.91 Å². The molecule has 0 radical (unpaired) electrons. The first-order chi connectivity index (χ1) is 11.1. The Hall–Kier alpha value is -1.98. The van der Waals surface area contributed by atoms with Crippen LogP contribution >= 0.6 is 0 Å². The number of carbonyl (C=O) groups is 2. The van der Waals surface area contributed by atoms with Crippen molar-refractivity contribution in [2.45, 2.75) is 45.2 Å². The van der Waals surface area contributed by atoms with E-state index in [-0.39, 0.29) is 23.9 Å². The van der Waals surface area contributed by atoms with Crippen molar-refractivity contribution in [1.82, 2.24) is 15.5 Å². The Morgan fingerprint density at radius 1 is 1.30 bits per heavy atom. The van der Waals surface area contributed by atoms with Crippen LogP contribution in [0.3, 0.4) is 0 Å². The molecule has 2 aliphatic rings. The molecule has 3 rings (SSSR count). The van der Waals surface area contributed by atoms with Gasteiger partial charge in [-0.1, -0.05) is 0 Å². The summed E-state index contributed by atoms with van der Waals surface area (Å²) in [7, 11) is 0. The number of nitrogens with one attached hydrogen (secondary N) is 2. The number of amides is 3. The van der Waals surface area contributed by atoms with Crippen LogP contribution in [-0.2, 0) is 11.3 Å². The maximum Gasteiger partial charge on any atom is 0.317 e. The highest BCUT2D eigenvalue weighted by Crippen LogP contribution is 2.32. The minimum Gasteiger partial charge on any atom is -0.467 e. The first-order valence-corrected chi connectivity index (χ1v) is 8.49. The topological polar surface area (TPSA) is 74.6 Å². The van der Waals surface area contributed by atoms with Gasteiger partial charge >= 0.3 is 6.03 Å². The lowest BCUT2D eigenvalue weighted by molar-refractivity contribution is -0.127. The number of hydrogen-bond acceptors (Lipinski definition) is 3. The van der Waals surface area contributed by atoms with Gasteiger partial charge in [0.15, 0.2) is 0 Å². The van der Waals surface area contributed by atoms with Gasteiger partial charge in [-0.15, -0.1) is 0 Å². The third-order valence-corrected chi connectivity index (χ3v) is 4.85. The Morgan fingerprint density at radius 3 is 2.65 bits per heavy atom. The molecule has 6 nitrogen and oxygen atoms in total. The number of likely N-dealkylation sites (tertiary alicyclic amines) is 1. The highest BCUT2D eigenvalue weighted by molar-refractivity contribution is 5.80. The summed E-state index contributed by atoms with van der Waals surface area (Å²) in [5.74, 6) is 1.60. The molecule has 0 spiro atoms. The lowest BCUT2D eigenvalue weighted by Crippen LogP contribution is -2.47. The van der Waals surface area contributed by atoms with Crippen molar-refractivity contribution in [3.05, 3.63) is 24.2 Å². The molecule has 3 amide bonds. The monoisotopic (exact) mass is 319 g/mol. The Labute approximate surface area is 136 Å². The Balaban J connectivity index is 1.38. The SMILES string of the molecule is C[C@H](NC(=O)C1CCN(C(=O)NCc2ccco2)CC1)C1CC1. The molecule has 23 heavy (non-hydrogen) atoms. The number of hydrogen-bond donors (Lipinski definition) is 2. The number of furan rings is 1. The summed E-state index contributed by atoms with van der Waals surface area (Å²) in [4.78, 5) is 26.1. The van der Waals surface area contributed by atoms with Crippen molar-refractivity contribution in [3.63, 3.8) is 0 Å². The zero-order valence-electron chi connectivity index (χ0n) is 13.6. The molecule has 2 fully saturated rings. The van der Waals surface area contributed by atoms with Gasteiger partial charge in [0.05, 0.1) is 12.8 Å². The smallest absolute Gasteiger partial charge is 0.317 e. The molecule has 1 atom stereocenters. The summed E-state index contributed by atoms with van der Waals surface area (Å²) in [5, 5.41) is 5.98. The van der Waals surface area contributed by atoms with Crippen LogP contribution in [0.4, 0.5) is 4.79 Å². The van der Waals surface area contributed by atoms with Crippen molar-refractivity contribution >= 4 is 11.9 Å². The standard InChI is InChI=1S/C17H25N3O3/c1-12(13-4-5-13)19-16(21)14-6-8-20(9-7-14)17(22)18-11-15-3-2-10-23-15/h2-3,10,12-14H,4-9,11H2,1H3,(H,18,22)(H,19,21)/t12-/m0/s1. The molecule has 0 bridgehead atoms. The van der Waals surface area contributed by atoms with Crippen molar-refractivity contribution in [3.8, 4) is 0 Å². The second-order valence-electron chi connectivity index (χ2n) is 6.63. The predicted octanol–water partition coefficient (Wildman–Crippen LogP) is 2.12. The fraction of sp³-hybridized carbons (Fsp3) is 0.647. The number of carbonyl (C=O) groups excluding carboxylic acids is 2. The lowest BCUT2D eigenvalue weighted by Gasteiger charge is -2.31. The molecular formula is C17H25N3O3. The van der Waals surface area contributed by atoms with Crippen LogP contribution in [0.15, 0.2) is 22.8 Å². The average molecular weight is 319 g/mol. The fourth-order valence-electron chi connectivity index (χ4n) is 3.09. The molecule has 0 unspecified atom stereocenters. The van der Waals surface area contributed by atoms with E-state index < -0.39 is 0 Å². The first-order valence-electron chi connectivity index (χ1n) is 8.49. The fourth-order valence-corrected chi connectivity index (χ4v) is 3.09. The van der Waals surface area contributed by atoms with E-state index >= 15 is 0 Å². The lowest BCUT2D eigenvalue weighted by atomic mass is 9.95. The van der Waals surface area contributed by atoms with E-state index in [4.69, 9.17) is 4.42 Å². The van der Waals surface area contributed by atoms with Crippen molar-refractivity contribution in [2.24, 2.45) is 11.8 Å². The van der Waals surface area contributed by atoms with E-state index in [1.54, 1.807) is 17.2 Å². The van der Waals surface area contributed by atoms with Crippen LogP contribution in [0.2, 0.25) is 0 Å². The summed E-state index contributed by atoms with van der Waals surface area (Å²) in [5.41, 5.74) is 0. The molecule has 0 aromatic carbocycles. The van der Waals surface area contributed by atoms with Gasteiger partial charge in [0, 0.05) is 25.0 Å². The highest BCUT2D eigenvalue weighted by atomic mass is 16.3. The van der Waals surface area contributed by atoms with Gasteiger partial charge in [-0.25, -0.2) is 4.79 Å². The molecule has 1 aliphatic carbocycles. The van der Waals surface area contributed by atoms with Crippen molar-refractivity contribution in [1.29, 1.82) is 0 Å². The molecule has 2 N–H and O–H groups in total. The van der Waals surface area contributed by atoms with Crippen LogP contribution in [0.1, 0.15) is 38.4 Å². The van der Waals surface area contributed by atoms with Gasteiger partial charge in [0.25, 0.3) is 0 Å². The number of urea groups is 1. The maximum absolute atomic E-state index is 12.3. The van der Waals surface area contributed by atoms with E-state index in [0.717, 1.165) is 18.6 Å². The summed E-state index contributed by atoms with van der Waals surface area (Å²) in [6.07, 6.45) is 5.52. The normalized spacial score (nSPS) is 20.1. The van der Waals surface area contributed by atoms with Crippen LogP contribution in [0, 0.1) is 11.8 Å². The van der Waals surface area contributed by atoms with Crippen molar-refractivity contribution < 1.29 is 14.0 Å². The Bertz CT molecular complexity index is 531. The molecule has 6 heteroatoms. The molecule has 1 aromatic heterocycles. The van der Waals surface area contributed by atoms with Crippen LogP contribution in [0.5, 0.6) is 0 Å². The van der Waals surface area contributed by atoms with E-state index in [1.807, 2.05) is 6.07 Å². The summed E-state index contributed by atoms with van der Waals surface area (Å²) < 4.78 is 5.19. The number of rotatable bonds is 5. The van der Waals surface area contributed by atoms with Gasteiger partial charge in [-0.3, -0.25) is 4.79 Å². The van der Waals surface area contributed by atoms with Gasteiger partial charge in [-0.2, -0.15) is 0 Å². The molecule has 2 heterocycles. The van der Waals surface area contributed by atoms with Crippen LogP contribution in [-0.4, -0.2) is 36.0 Å². The summed E-state index contributed by atoms with van der Waals surface area (Å²) >= 11 is 0. The molecule has 1 saturated heterocycles. The molecule has 1 aliphatic heterocycles. The number of nitrogens with zero attached hydrogens (tertiary/aromatic N) is 1. The van der Waals surface area contributed by atoms with Crippen LogP contribution in [0.25, 0.3) is 0 Å². The summed E-state index contributed by atoms with van der Waals surface area (Å²) in [6, 6.07) is 3.83. The third kappa shape index (κ3) is 4.27. The zero-order chi connectivity index (χ0) is 16.2. The maximum atomic E-state index is 12.3. The van der Waals surface area contributed by atoms with E-state index in [1.165, 1.54) is 12.8 Å². The van der Waals surface area contributed by atoms with E-state index in [0.29, 0.717) is 25.6 Å². The molecule has 126 valence electrons. The van der Waals surface area contributed by atoms with Gasteiger partial charge < -0.3 is 20.0 Å². The first kappa shape index (κ1) is 15.9. The minimum absolute atomic E-state index is 0.0327. The molecular weight excluding hydrogens is 294 g/mol. The Kier molecular flexibility index (Phi) is 4.88. The predicted molar refractivity (Wildman–Crippen MR) is 85.6 cm³/mol. The second kappa shape index (κ2) is 7.06. The molecule has 1 saturated carbocycles. The van der Waals surface area contributed by atoms with E-state index in [9.17, 15) is 9.59 Å². The van der Waals surface area contributed by atoms with E-state index in [2.05, 4.69) is 17.6 Å². The van der Waals surface area contributed by atoms with Crippen molar-refractivity contribution in [2.75, 3.05) is 13.1 Å². The average Bonchev–Trinajstić information content (AvgIpc) is 3.29. The quantitative estimate of drug-likeness (QED) is 0.873. The minimum atomic E-state index is -0.0911. The third-order valence-electron chi connectivity index (χ3n) is 4.85. The largest absolute Gasteiger partial charge is 0.467 e. The second-order valence-corrected chi connectivity index (χ2v) is 6.63. The van der Waals surface area contributed by atoms with Gasteiger partial charge in [0.1, 0.15) is 5.76 Å². The number of piperidine rings is 1. The summed E-state index contributed by atoms with van der Waals surface area (Å²) in [6.45, 7) is 3.73.